The Bertz CT molecular complexity index is 1650. The summed E-state index contributed by atoms with van der Waals surface area (Å²) in [5, 5.41) is 10.9. The summed E-state index contributed by atoms with van der Waals surface area (Å²) in [7, 11) is -4.38. The third kappa shape index (κ3) is 3.35. The van der Waals surface area contributed by atoms with Gasteiger partial charge in [-0.05, 0) is 24.3 Å². The van der Waals surface area contributed by atoms with Crippen molar-refractivity contribution >= 4 is 44.0 Å². The molecule has 1 aromatic heterocycles. The number of hydrogen-bond acceptors (Lipinski definition) is 7. The zero-order valence-electron chi connectivity index (χ0n) is 17.2. The summed E-state index contributed by atoms with van der Waals surface area (Å²) in [6, 6.07) is 17.2. The maximum atomic E-state index is 13.5. The highest BCUT2D eigenvalue weighted by Crippen LogP contribution is 2.31. The number of hydrogen-bond donors (Lipinski definition) is 1. The molecule has 1 aliphatic carbocycles. The monoisotopic (exact) mass is 474 g/mol. The highest BCUT2D eigenvalue weighted by atomic mass is 32.2. The number of nitrogens with one attached hydrogen (secondary N) is 1. The van der Waals surface area contributed by atoms with Crippen molar-refractivity contribution in [3.05, 3.63) is 106 Å². The maximum absolute atomic E-state index is 13.5. The zero-order valence-corrected chi connectivity index (χ0v) is 18.0. The van der Waals surface area contributed by atoms with Crippen LogP contribution in [0.4, 0.5) is 5.69 Å². The van der Waals surface area contributed by atoms with E-state index in [1.54, 1.807) is 36.4 Å². The molecule has 1 aliphatic rings. The number of nitrogens with zero attached hydrogens (tertiary/aromatic N) is 3. The lowest BCUT2D eigenvalue weighted by Crippen LogP contribution is -2.35. The number of aromatic nitrogens is 2. The number of nitro groups is 1. The molecule has 34 heavy (non-hydrogen) atoms. The van der Waals surface area contributed by atoms with Gasteiger partial charge in [0, 0.05) is 23.3 Å². The van der Waals surface area contributed by atoms with E-state index in [0.29, 0.717) is 11.0 Å². The third-order valence-electron chi connectivity index (χ3n) is 5.38. The molecular weight excluding hydrogens is 460 g/mol. The Hall–Kier alpha value is -4.64. The Morgan fingerprint density at radius 2 is 1.47 bits per heavy atom. The molecule has 0 bridgehead atoms. The van der Waals surface area contributed by atoms with E-state index in [0.717, 1.165) is 24.3 Å². The first-order valence-corrected chi connectivity index (χ1v) is 11.4. The lowest BCUT2D eigenvalue weighted by atomic mass is 9.90. The summed E-state index contributed by atoms with van der Waals surface area (Å²) in [5.74, 6) is -1.24. The molecule has 1 N–H and O–H groups in total. The largest absolute Gasteiger partial charge is 0.293 e. The molecule has 3 aromatic carbocycles. The van der Waals surface area contributed by atoms with E-state index in [1.807, 2.05) is 0 Å². The first-order chi connectivity index (χ1) is 16.3. The molecule has 0 radical (unpaired) electrons. The van der Waals surface area contributed by atoms with E-state index in [4.69, 9.17) is 0 Å². The van der Waals surface area contributed by atoms with Crippen LogP contribution in [0, 0.1) is 10.1 Å². The van der Waals surface area contributed by atoms with Crippen molar-refractivity contribution in [1.82, 2.24) is 14.3 Å². The lowest BCUT2D eigenvalue weighted by Gasteiger charge is -2.22. The van der Waals surface area contributed by atoms with Gasteiger partial charge in [0.15, 0.2) is 0 Å². The van der Waals surface area contributed by atoms with Gasteiger partial charge in [-0.25, -0.2) is 13.4 Å². The van der Waals surface area contributed by atoms with Crippen molar-refractivity contribution in [1.29, 1.82) is 0 Å². The predicted molar refractivity (Wildman–Crippen MR) is 121 cm³/mol. The molecule has 0 amide bonds. The Morgan fingerprint density at radius 1 is 0.853 bits per heavy atom. The minimum atomic E-state index is -4.38. The number of non-ortho nitro benzene ring substituents is 1. The number of ketones is 2. The first kappa shape index (κ1) is 21.2. The van der Waals surface area contributed by atoms with Crippen LogP contribution in [0.5, 0.6) is 0 Å². The van der Waals surface area contributed by atoms with Gasteiger partial charge in [0.2, 0.25) is 11.6 Å². The summed E-state index contributed by atoms with van der Waals surface area (Å²) in [5.41, 5.74) is 0.326. The molecule has 0 unspecified atom stereocenters. The normalized spacial score (nSPS) is 13.8. The summed E-state index contributed by atoms with van der Waals surface area (Å²) in [6.45, 7) is 0. The minimum absolute atomic E-state index is 0.0575. The number of para-hydroxylation sites is 2. The van der Waals surface area contributed by atoms with Crippen LogP contribution in [0.25, 0.3) is 16.7 Å². The number of rotatable bonds is 5. The number of carbonyl (C=O) groups is 2. The van der Waals surface area contributed by atoms with Gasteiger partial charge in [-0.15, -0.1) is 0 Å². The number of Topliss-reactive ketones (excluding diaryl/α,β-unsaturated/α-hetero) is 2. The predicted octanol–water partition coefficient (Wildman–Crippen LogP) is 3.17. The first-order valence-electron chi connectivity index (χ1n) is 9.90. The smallest absolute Gasteiger partial charge is 0.269 e. The summed E-state index contributed by atoms with van der Waals surface area (Å²) < 4.78 is 29.9. The van der Waals surface area contributed by atoms with Crippen LogP contribution >= 0.6 is 0 Å². The molecule has 5 rings (SSSR count). The summed E-state index contributed by atoms with van der Waals surface area (Å²) in [4.78, 5) is 41.1. The lowest BCUT2D eigenvalue weighted by molar-refractivity contribution is -0.384. The molecular formula is C23H14N4O6S. The van der Waals surface area contributed by atoms with Crippen LogP contribution in [0.3, 0.4) is 0 Å². The third-order valence-corrected chi connectivity index (χ3v) is 6.75. The van der Waals surface area contributed by atoms with E-state index in [2.05, 4.69) is 9.71 Å². The molecule has 10 nitrogen and oxygen atoms in total. The van der Waals surface area contributed by atoms with Crippen LogP contribution in [0.15, 0.2) is 89.7 Å². The van der Waals surface area contributed by atoms with E-state index in [-0.39, 0.29) is 27.4 Å². The number of benzene rings is 3. The van der Waals surface area contributed by atoms with E-state index < -0.39 is 32.2 Å². The van der Waals surface area contributed by atoms with Crippen LogP contribution in [-0.4, -0.2) is 34.5 Å². The van der Waals surface area contributed by atoms with Crippen LogP contribution < -0.4 is 4.72 Å². The molecule has 0 fully saturated rings. The Kier molecular flexibility index (Phi) is 4.83. The highest BCUT2D eigenvalue weighted by molar-refractivity contribution is 7.89. The number of carbonyl (C=O) groups excluding carboxylic acids is 2. The average Bonchev–Trinajstić information content (AvgIpc) is 3.26. The van der Waals surface area contributed by atoms with Crippen molar-refractivity contribution < 1.29 is 22.9 Å². The number of fused-ring (bicyclic) bond motifs is 2. The van der Waals surface area contributed by atoms with Gasteiger partial charge in [0.25, 0.3) is 15.7 Å². The second-order valence-electron chi connectivity index (χ2n) is 7.39. The molecule has 168 valence electrons. The summed E-state index contributed by atoms with van der Waals surface area (Å²) in [6.07, 6.45) is 1.35. The fourth-order valence-corrected chi connectivity index (χ4v) is 4.83. The van der Waals surface area contributed by atoms with E-state index in [9.17, 15) is 28.1 Å². The van der Waals surface area contributed by atoms with Gasteiger partial charge in [0.1, 0.15) is 17.7 Å². The number of allylic oxidation sites excluding steroid dienone is 2. The fourth-order valence-electron chi connectivity index (χ4n) is 3.76. The molecule has 1 heterocycles. The van der Waals surface area contributed by atoms with Gasteiger partial charge < -0.3 is 0 Å². The van der Waals surface area contributed by atoms with Gasteiger partial charge >= 0.3 is 0 Å². The molecule has 0 aliphatic heterocycles. The average molecular weight is 474 g/mol. The highest BCUT2D eigenvalue weighted by Gasteiger charge is 2.36. The SMILES string of the molecule is O=C1C(NS(=O)(=O)c2ccc([N+](=O)[O-])cc2)=C(n2cnc3ccccc32)C(=O)c2ccccc21. The van der Waals surface area contributed by atoms with Crippen molar-refractivity contribution in [3.63, 3.8) is 0 Å². The second-order valence-corrected chi connectivity index (χ2v) is 9.07. The molecule has 0 spiro atoms. The molecule has 11 heteroatoms. The molecule has 0 saturated heterocycles. The van der Waals surface area contributed by atoms with Gasteiger partial charge in [-0.1, -0.05) is 36.4 Å². The number of nitro benzene ring substituents is 1. The van der Waals surface area contributed by atoms with Crippen LogP contribution in [0.2, 0.25) is 0 Å². The van der Waals surface area contributed by atoms with Gasteiger partial charge in [-0.3, -0.25) is 29.0 Å². The Labute approximate surface area is 192 Å². The van der Waals surface area contributed by atoms with Crippen molar-refractivity contribution in [2.75, 3.05) is 0 Å². The number of imidazole rings is 1. The van der Waals surface area contributed by atoms with E-state index in [1.165, 1.54) is 23.0 Å². The molecule has 0 saturated carbocycles. The molecule has 4 aromatic rings. The van der Waals surface area contributed by atoms with Crippen LogP contribution in [-0.2, 0) is 10.0 Å². The van der Waals surface area contributed by atoms with Crippen molar-refractivity contribution in [2.24, 2.45) is 0 Å². The zero-order chi connectivity index (χ0) is 24.0. The Balaban J connectivity index is 1.70. The molecule has 0 atom stereocenters. The van der Waals surface area contributed by atoms with Crippen molar-refractivity contribution in [3.8, 4) is 0 Å². The topological polar surface area (TPSA) is 141 Å². The summed E-state index contributed by atoms with van der Waals surface area (Å²) >= 11 is 0. The number of sulfonamides is 1. The van der Waals surface area contributed by atoms with E-state index >= 15 is 0 Å². The second kappa shape index (κ2) is 7.74. The maximum Gasteiger partial charge on any atom is 0.269 e. The Morgan fingerprint density at radius 3 is 2.15 bits per heavy atom. The van der Waals surface area contributed by atoms with Gasteiger partial charge in [0.05, 0.1) is 20.9 Å². The van der Waals surface area contributed by atoms with Gasteiger partial charge in [-0.2, -0.15) is 0 Å². The minimum Gasteiger partial charge on any atom is -0.293 e. The standard InChI is InChI=1S/C23H14N4O6S/c28-22-16-5-1-2-6-17(16)23(29)21(26-13-24-18-7-3-4-8-19(18)26)20(22)25-34(32,33)15-11-9-14(10-12-15)27(30)31/h1-13,25H. The van der Waals surface area contributed by atoms with Crippen LogP contribution in [0.1, 0.15) is 20.7 Å². The van der Waals surface area contributed by atoms with Crippen molar-refractivity contribution in [2.45, 2.75) is 4.90 Å². The quantitative estimate of drug-likeness (QED) is 0.346. The fraction of sp³-hybridized carbons (Fsp3) is 0.